The van der Waals surface area contributed by atoms with Crippen molar-refractivity contribution in [1.82, 2.24) is 0 Å². The van der Waals surface area contributed by atoms with Crippen molar-refractivity contribution in [1.29, 1.82) is 0 Å². The Morgan fingerprint density at radius 1 is 0.786 bits per heavy atom. The maximum Gasteiger partial charge on any atom is 0.311 e. The molecule has 0 unspecified atom stereocenters. The van der Waals surface area contributed by atoms with Gasteiger partial charge in [-0.2, -0.15) is 0 Å². The maximum absolute atomic E-state index is 11.9. The van der Waals surface area contributed by atoms with Crippen molar-refractivity contribution in [2.75, 3.05) is 0 Å². The monoisotopic (exact) mass is 388 g/mol. The largest absolute Gasteiger partial charge is 0.427 e. The number of unbranched alkanes of at least 4 members (excludes halogenated alkanes) is 10. The highest BCUT2D eigenvalue weighted by Gasteiger charge is 2.09. The van der Waals surface area contributed by atoms with Gasteiger partial charge in [-0.15, -0.1) is 0 Å². The molecule has 0 fully saturated rings. The SMILES string of the molecule is CCCCCCCCCCCCCC(=O)Oc1ccc(CC(=O)C(C)C)cc1. The Labute approximate surface area is 172 Å². The molecule has 1 aromatic carbocycles. The summed E-state index contributed by atoms with van der Waals surface area (Å²) in [6, 6.07) is 7.29. The molecule has 0 atom stereocenters. The van der Waals surface area contributed by atoms with Crippen molar-refractivity contribution >= 4 is 11.8 Å². The lowest BCUT2D eigenvalue weighted by Gasteiger charge is -2.07. The van der Waals surface area contributed by atoms with Crippen LogP contribution >= 0.6 is 0 Å². The van der Waals surface area contributed by atoms with Gasteiger partial charge in [0.05, 0.1) is 0 Å². The van der Waals surface area contributed by atoms with Crippen LogP contribution in [0.5, 0.6) is 5.75 Å². The molecule has 3 heteroatoms. The van der Waals surface area contributed by atoms with Gasteiger partial charge >= 0.3 is 5.97 Å². The van der Waals surface area contributed by atoms with Gasteiger partial charge in [-0.05, 0) is 24.1 Å². The Morgan fingerprint density at radius 3 is 1.79 bits per heavy atom. The topological polar surface area (TPSA) is 43.4 Å². The molecule has 1 rings (SSSR count). The standard InChI is InChI=1S/C25H40O3/c1-4-5-6-7-8-9-10-11-12-13-14-15-25(27)28-23-18-16-22(17-19-23)20-24(26)21(2)3/h16-19,21H,4-15,20H2,1-3H3. The van der Waals surface area contributed by atoms with Crippen LogP contribution in [-0.2, 0) is 16.0 Å². The van der Waals surface area contributed by atoms with Gasteiger partial charge in [-0.1, -0.05) is 97.1 Å². The Balaban J connectivity index is 2.06. The van der Waals surface area contributed by atoms with Crippen molar-refractivity contribution in [3.63, 3.8) is 0 Å². The van der Waals surface area contributed by atoms with E-state index in [1.165, 1.54) is 57.8 Å². The molecule has 0 N–H and O–H groups in total. The van der Waals surface area contributed by atoms with E-state index in [0.717, 1.165) is 18.4 Å². The fourth-order valence-electron chi connectivity index (χ4n) is 3.20. The van der Waals surface area contributed by atoms with E-state index in [-0.39, 0.29) is 17.7 Å². The molecule has 0 aliphatic heterocycles. The van der Waals surface area contributed by atoms with Crippen LogP contribution in [0.4, 0.5) is 0 Å². The van der Waals surface area contributed by atoms with E-state index in [4.69, 9.17) is 4.74 Å². The van der Waals surface area contributed by atoms with E-state index in [9.17, 15) is 9.59 Å². The third-order valence-electron chi connectivity index (χ3n) is 5.16. The lowest BCUT2D eigenvalue weighted by molar-refractivity contribution is -0.134. The molecule has 0 bridgehead atoms. The highest BCUT2D eigenvalue weighted by atomic mass is 16.5. The van der Waals surface area contributed by atoms with Gasteiger partial charge in [0.25, 0.3) is 0 Å². The number of hydrogen-bond acceptors (Lipinski definition) is 3. The quantitative estimate of drug-likeness (QED) is 0.173. The molecule has 0 heterocycles. The van der Waals surface area contributed by atoms with Crippen LogP contribution < -0.4 is 4.74 Å². The molecule has 0 radical (unpaired) electrons. The number of ketones is 1. The number of benzene rings is 1. The number of ether oxygens (including phenoxy) is 1. The second-order valence-corrected chi connectivity index (χ2v) is 8.20. The summed E-state index contributed by atoms with van der Waals surface area (Å²) >= 11 is 0. The maximum atomic E-state index is 11.9. The van der Waals surface area contributed by atoms with Crippen LogP contribution in [0.15, 0.2) is 24.3 Å². The van der Waals surface area contributed by atoms with E-state index in [0.29, 0.717) is 18.6 Å². The van der Waals surface area contributed by atoms with Crippen LogP contribution in [0.3, 0.4) is 0 Å². The van der Waals surface area contributed by atoms with Crippen LogP contribution in [0.2, 0.25) is 0 Å². The van der Waals surface area contributed by atoms with Crippen LogP contribution in [0, 0.1) is 5.92 Å². The number of rotatable bonds is 16. The molecule has 158 valence electrons. The predicted molar refractivity (Wildman–Crippen MR) is 117 cm³/mol. The lowest BCUT2D eigenvalue weighted by atomic mass is 10.0. The molecule has 3 nitrogen and oxygen atoms in total. The van der Waals surface area contributed by atoms with Crippen LogP contribution in [0.25, 0.3) is 0 Å². The van der Waals surface area contributed by atoms with Gasteiger partial charge in [-0.3, -0.25) is 9.59 Å². The van der Waals surface area contributed by atoms with E-state index in [1.54, 1.807) is 12.1 Å². The number of esters is 1. The first-order chi connectivity index (χ1) is 13.5. The summed E-state index contributed by atoms with van der Waals surface area (Å²) in [4.78, 5) is 23.7. The second-order valence-electron chi connectivity index (χ2n) is 8.20. The summed E-state index contributed by atoms with van der Waals surface area (Å²) < 4.78 is 5.39. The van der Waals surface area contributed by atoms with Gasteiger partial charge in [0.1, 0.15) is 11.5 Å². The van der Waals surface area contributed by atoms with Gasteiger partial charge < -0.3 is 4.74 Å². The molecule has 1 aromatic rings. The molecule has 28 heavy (non-hydrogen) atoms. The smallest absolute Gasteiger partial charge is 0.311 e. The van der Waals surface area contributed by atoms with Gasteiger partial charge in [0.15, 0.2) is 0 Å². The van der Waals surface area contributed by atoms with Gasteiger partial charge in [0, 0.05) is 18.8 Å². The molecule has 0 saturated heterocycles. The van der Waals surface area contributed by atoms with Crippen molar-refractivity contribution in [2.24, 2.45) is 5.92 Å². The zero-order valence-corrected chi connectivity index (χ0v) is 18.3. The van der Waals surface area contributed by atoms with Gasteiger partial charge in [0.2, 0.25) is 0 Å². The first kappa shape index (κ1) is 24.4. The number of carbonyl (C=O) groups excluding carboxylic acids is 2. The third-order valence-corrected chi connectivity index (χ3v) is 5.16. The molecule has 0 aromatic heterocycles. The minimum atomic E-state index is -0.165. The molecular weight excluding hydrogens is 348 g/mol. The Kier molecular flexibility index (Phi) is 13.3. The molecule has 0 amide bonds. The molecule has 0 spiro atoms. The van der Waals surface area contributed by atoms with E-state index in [1.807, 2.05) is 26.0 Å². The number of hydrogen-bond donors (Lipinski definition) is 0. The summed E-state index contributed by atoms with van der Waals surface area (Å²) in [6.45, 7) is 6.07. The summed E-state index contributed by atoms with van der Waals surface area (Å²) in [5.41, 5.74) is 0.962. The van der Waals surface area contributed by atoms with Crippen molar-refractivity contribution in [2.45, 2.75) is 104 Å². The average molecular weight is 389 g/mol. The molecule has 0 aliphatic rings. The van der Waals surface area contributed by atoms with E-state index < -0.39 is 0 Å². The van der Waals surface area contributed by atoms with Crippen molar-refractivity contribution in [3.05, 3.63) is 29.8 Å². The zero-order valence-electron chi connectivity index (χ0n) is 18.3. The van der Waals surface area contributed by atoms with Crippen molar-refractivity contribution < 1.29 is 14.3 Å². The second kappa shape index (κ2) is 15.3. The number of Topliss-reactive ketones (excluding diaryl/α,β-unsaturated/α-hetero) is 1. The van der Waals surface area contributed by atoms with E-state index >= 15 is 0 Å². The van der Waals surface area contributed by atoms with Crippen LogP contribution in [-0.4, -0.2) is 11.8 Å². The Hall–Kier alpha value is -1.64. The summed E-state index contributed by atoms with van der Waals surface area (Å²) in [5, 5.41) is 0. The molecule has 0 saturated carbocycles. The summed E-state index contributed by atoms with van der Waals surface area (Å²) in [7, 11) is 0. The fourth-order valence-corrected chi connectivity index (χ4v) is 3.20. The fraction of sp³-hybridized carbons (Fsp3) is 0.680. The number of carbonyl (C=O) groups is 2. The highest BCUT2D eigenvalue weighted by molar-refractivity contribution is 5.82. The van der Waals surface area contributed by atoms with Crippen molar-refractivity contribution in [3.8, 4) is 5.75 Å². The molecular formula is C25H40O3. The minimum Gasteiger partial charge on any atom is -0.427 e. The normalized spacial score (nSPS) is 11.0. The zero-order chi connectivity index (χ0) is 20.6. The average Bonchev–Trinajstić information content (AvgIpc) is 2.67. The summed E-state index contributed by atoms with van der Waals surface area (Å²) in [5.74, 6) is 0.667. The highest BCUT2D eigenvalue weighted by Crippen LogP contribution is 2.16. The Bertz CT molecular complexity index is 545. The Morgan fingerprint density at radius 2 is 1.29 bits per heavy atom. The molecule has 0 aliphatic carbocycles. The third kappa shape index (κ3) is 11.9. The first-order valence-electron chi connectivity index (χ1n) is 11.3. The minimum absolute atomic E-state index is 0.0447. The lowest BCUT2D eigenvalue weighted by Crippen LogP contribution is -2.10. The first-order valence-corrected chi connectivity index (χ1v) is 11.3. The predicted octanol–water partition coefficient (Wildman–Crippen LogP) is 7.06. The van der Waals surface area contributed by atoms with E-state index in [2.05, 4.69) is 6.92 Å². The van der Waals surface area contributed by atoms with Crippen LogP contribution in [0.1, 0.15) is 103 Å². The van der Waals surface area contributed by atoms with Gasteiger partial charge in [-0.25, -0.2) is 0 Å². The summed E-state index contributed by atoms with van der Waals surface area (Å²) in [6.07, 6.45) is 14.9.